The molecule has 5 nitrogen and oxygen atoms in total. The Bertz CT molecular complexity index is 818. The number of aryl methyl sites for hydroxylation is 1. The zero-order valence-corrected chi connectivity index (χ0v) is 13.5. The van der Waals surface area contributed by atoms with E-state index in [-0.39, 0.29) is 16.1 Å². The maximum absolute atomic E-state index is 12.5. The fraction of sp³-hybridized carbons (Fsp3) is 0.133. The first kappa shape index (κ1) is 16.3. The molecular weight excluding hydrogens is 326 g/mol. The Hall–Kier alpha value is -2.05. The SMILES string of the molecule is COc1cccc(S(=O)(=O)Nc2c(C)cccc2C(=O)Cl)c1. The van der Waals surface area contributed by atoms with Gasteiger partial charge in [-0.15, -0.1) is 0 Å². The Balaban J connectivity index is 2.47. The maximum Gasteiger partial charge on any atom is 0.262 e. The van der Waals surface area contributed by atoms with Crippen LogP contribution in [0.3, 0.4) is 0 Å². The predicted molar refractivity (Wildman–Crippen MR) is 85.2 cm³/mol. The van der Waals surface area contributed by atoms with Gasteiger partial charge in [0.2, 0.25) is 0 Å². The summed E-state index contributed by atoms with van der Waals surface area (Å²) in [5.74, 6) is 0.418. The van der Waals surface area contributed by atoms with Crippen molar-refractivity contribution in [2.45, 2.75) is 11.8 Å². The summed E-state index contributed by atoms with van der Waals surface area (Å²) >= 11 is 5.51. The minimum atomic E-state index is -3.87. The molecule has 0 unspecified atom stereocenters. The summed E-state index contributed by atoms with van der Waals surface area (Å²) in [7, 11) is -2.42. The molecule has 0 saturated carbocycles. The van der Waals surface area contributed by atoms with Crippen LogP contribution in [0, 0.1) is 6.92 Å². The van der Waals surface area contributed by atoms with Gasteiger partial charge in [0.15, 0.2) is 0 Å². The molecule has 2 aromatic rings. The van der Waals surface area contributed by atoms with E-state index in [2.05, 4.69) is 4.72 Å². The standard InChI is InChI=1S/C15H14ClNO4S/c1-10-5-3-8-13(15(16)18)14(10)17-22(19,20)12-7-4-6-11(9-12)21-2/h3-9,17H,1-2H3. The summed E-state index contributed by atoms with van der Waals surface area (Å²) in [5, 5.41) is -0.730. The summed E-state index contributed by atoms with van der Waals surface area (Å²) in [4.78, 5) is 11.5. The molecule has 0 aromatic heterocycles. The van der Waals surface area contributed by atoms with Crippen molar-refractivity contribution in [3.8, 4) is 5.75 Å². The lowest BCUT2D eigenvalue weighted by molar-refractivity contribution is 0.108. The number of hydrogen-bond donors (Lipinski definition) is 1. The van der Waals surface area contributed by atoms with Crippen molar-refractivity contribution in [1.29, 1.82) is 0 Å². The van der Waals surface area contributed by atoms with E-state index in [1.54, 1.807) is 31.2 Å². The Labute approximate surface area is 133 Å². The highest BCUT2D eigenvalue weighted by atomic mass is 35.5. The molecule has 2 aromatic carbocycles. The lowest BCUT2D eigenvalue weighted by atomic mass is 10.1. The van der Waals surface area contributed by atoms with Crippen molar-refractivity contribution in [1.82, 2.24) is 0 Å². The van der Waals surface area contributed by atoms with Crippen molar-refractivity contribution in [2.75, 3.05) is 11.8 Å². The quantitative estimate of drug-likeness (QED) is 0.849. The highest BCUT2D eigenvalue weighted by molar-refractivity contribution is 7.92. The van der Waals surface area contributed by atoms with Gasteiger partial charge in [0.05, 0.1) is 23.3 Å². The third kappa shape index (κ3) is 3.40. The molecule has 0 bridgehead atoms. The molecule has 0 atom stereocenters. The first-order valence-electron chi connectivity index (χ1n) is 6.31. The first-order valence-corrected chi connectivity index (χ1v) is 8.17. The third-order valence-electron chi connectivity index (χ3n) is 3.07. The summed E-state index contributed by atoms with van der Waals surface area (Å²) in [6.07, 6.45) is 0. The monoisotopic (exact) mass is 339 g/mol. The van der Waals surface area contributed by atoms with E-state index in [4.69, 9.17) is 16.3 Å². The molecule has 22 heavy (non-hydrogen) atoms. The van der Waals surface area contributed by atoms with E-state index in [0.29, 0.717) is 11.3 Å². The first-order chi connectivity index (χ1) is 10.3. The predicted octanol–water partition coefficient (Wildman–Crippen LogP) is 3.18. The zero-order chi connectivity index (χ0) is 16.3. The van der Waals surface area contributed by atoms with E-state index in [0.717, 1.165) is 0 Å². The molecule has 0 heterocycles. The second-order valence-corrected chi connectivity index (χ2v) is 6.58. The van der Waals surface area contributed by atoms with Crippen LogP contribution >= 0.6 is 11.6 Å². The van der Waals surface area contributed by atoms with E-state index in [1.165, 1.54) is 25.3 Å². The van der Waals surface area contributed by atoms with Gasteiger partial charge < -0.3 is 4.74 Å². The molecule has 0 spiro atoms. The number of methoxy groups -OCH3 is 1. The molecule has 0 aliphatic carbocycles. The minimum absolute atomic E-state index is 0.0306. The second-order valence-electron chi connectivity index (χ2n) is 4.56. The summed E-state index contributed by atoms with van der Waals surface area (Å²) in [6.45, 7) is 1.69. The number of para-hydroxylation sites is 1. The van der Waals surface area contributed by atoms with Gasteiger partial charge in [-0.3, -0.25) is 9.52 Å². The largest absolute Gasteiger partial charge is 0.497 e. The Morgan fingerprint density at radius 1 is 1.18 bits per heavy atom. The summed E-state index contributed by atoms with van der Waals surface area (Å²) in [6, 6.07) is 10.8. The van der Waals surface area contributed by atoms with Gasteiger partial charge in [-0.2, -0.15) is 0 Å². The Morgan fingerprint density at radius 3 is 2.50 bits per heavy atom. The number of ether oxygens (including phenoxy) is 1. The lowest BCUT2D eigenvalue weighted by Crippen LogP contribution is -2.16. The van der Waals surface area contributed by atoms with Crippen LogP contribution in [-0.2, 0) is 10.0 Å². The van der Waals surface area contributed by atoms with Gasteiger partial charge in [-0.1, -0.05) is 18.2 Å². The summed E-state index contributed by atoms with van der Waals surface area (Å²) in [5.41, 5.74) is 0.872. The van der Waals surface area contributed by atoms with Crippen LogP contribution in [0.1, 0.15) is 15.9 Å². The van der Waals surface area contributed by atoms with Crippen LogP contribution in [0.15, 0.2) is 47.4 Å². The molecule has 0 aliphatic rings. The van der Waals surface area contributed by atoms with E-state index in [9.17, 15) is 13.2 Å². The highest BCUT2D eigenvalue weighted by Gasteiger charge is 2.20. The second kappa shape index (κ2) is 6.37. The van der Waals surface area contributed by atoms with Gasteiger partial charge >= 0.3 is 0 Å². The number of nitrogens with one attached hydrogen (secondary N) is 1. The van der Waals surface area contributed by atoms with Crippen LogP contribution in [-0.4, -0.2) is 20.8 Å². The van der Waals surface area contributed by atoms with Crippen LogP contribution in [0.5, 0.6) is 5.75 Å². The third-order valence-corrected chi connectivity index (χ3v) is 4.62. The molecule has 0 saturated heterocycles. The number of carbonyl (C=O) groups excluding carboxylic acids is 1. The number of sulfonamides is 1. The number of carbonyl (C=O) groups is 1. The van der Waals surface area contributed by atoms with Crippen LogP contribution in [0.4, 0.5) is 5.69 Å². The van der Waals surface area contributed by atoms with Crippen molar-refractivity contribution >= 4 is 32.6 Å². The van der Waals surface area contributed by atoms with E-state index in [1.807, 2.05) is 0 Å². The molecule has 7 heteroatoms. The molecule has 1 N–H and O–H groups in total. The maximum atomic E-state index is 12.5. The van der Waals surface area contributed by atoms with Gasteiger partial charge in [0, 0.05) is 6.07 Å². The Kier molecular flexibility index (Phi) is 4.73. The van der Waals surface area contributed by atoms with Crippen molar-refractivity contribution in [2.24, 2.45) is 0 Å². The molecule has 0 fully saturated rings. The zero-order valence-electron chi connectivity index (χ0n) is 12.0. The Morgan fingerprint density at radius 2 is 1.86 bits per heavy atom. The number of hydrogen-bond acceptors (Lipinski definition) is 4. The fourth-order valence-corrected chi connectivity index (χ4v) is 3.27. The van der Waals surface area contributed by atoms with Crippen molar-refractivity contribution < 1.29 is 17.9 Å². The van der Waals surface area contributed by atoms with Crippen LogP contribution < -0.4 is 9.46 Å². The van der Waals surface area contributed by atoms with Crippen LogP contribution in [0.25, 0.3) is 0 Å². The van der Waals surface area contributed by atoms with E-state index < -0.39 is 15.3 Å². The molecule has 116 valence electrons. The molecular formula is C15H14ClNO4S. The van der Waals surface area contributed by atoms with E-state index >= 15 is 0 Å². The minimum Gasteiger partial charge on any atom is -0.497 e. The highest BCUT2D eigenvalue weighted by Crippen LogP contribution is 2.26. The van der Waals surface area contributed by atoms with Crippen molar-refractivity contribution in [3.63, 3.8) is 0 Å². The van der Waals surface area contributed by atoms with Gasteiger partial charge in [0.25, 0.3) is 15.3 Å². The van der Waals surface area contributed by atoms with Crippen molar-refractivity contribution in [3.05, 3.63) is 53.6 Å². The molecule has 2 rings (SSSR count). The molecule has 0 aliphatic heterocycles. The summed E-state index contributed by atoms with van der Waals surface area (Å²) < 4.78 is 32.4. The lowest BCUT2D eigenvalue weighted by Gasteiger charge is -2.13. The molecule has 0 amide bonds. The smallest absolute Gasteiger partial charge is 0.262 e. The number of anilines is 1. The van der Waals surface area contributed by atoms with Gasteiger partial charge in [-0.25, -0.2) is 8.42 Å². The number of benzene rings is 2. The number of halogens is 1. The number of rotatable bonds is 5. The normalized spacial score (nSPS) is 11.0. The fourth-order valence-electron chi connectivity index (χ4n) is 1.93. The topological polar surface area (TPSA) is 72.5 Å². The average Bonchev–Trinajstić information content (AvgIpc) is 2.49. The van der Waals surface area contributed by atoms with Gasteiger partial charge in [-0.05, 0) is 42.3 Å². The van der Waals surface area contributed by atoms with Crippen LogP contribution in [0.2, 0.25) is 0 Å². The average molecular weight is 340 g/mol. The molecule has 0 radical (unpaired) electrons. The van der Waals surface area contributed by atoms with Gasteiger partial charge in [0.1, 0.15) is 5.75 Å².